The van der Waals surface area contributed by atoms with E-state index in [9.17, 15) is 4.57 Å². The van der Waals surface area contributed by atoms with E-state index in [1.807, 2.05) is 30.6 Å². The van der Waals surface area contributed by atoms with Gasteiger partial charge < -0.3 is 4.57 Å². The first-order valence-electron chi connectivity index (χ1n) is 8.46. The minimum absolute atomic E-state index is 0.139. The number of aromatic amines is 1. The van der Waals surface area contributed by atoms with Crippen molar-refractivity contribution in [1.82, 2.24) is 4.98 Å². The lowest BCUT2D eigenvalue weighted by molar-refractivity contribution is -0.677. The van der Waals surface area contributed by atoms with Gasteiger partial charge in [0.15, 0.2) is 0 Å². The molecular weight excluding hydrogens is 303 g/mol. The lowest BCUT2D eigenvalue weighted by atomic mass is 10.2. The van der Waals surface area contributed by atoms with Gasteiger partial charge in [-0.1, -0.05) is 51.1 Å². The van der Waals surface area contributed by atoms with E-state index in [1.54, 1.807) is 0 Å². The first-order chi connectivity index (χ1) is 10.8. The van der Waals surface area contributed by atoms with E-state index in [1.165, 1.54) is 11.4 Å². The second-order valence-electron chi connectivity index (χ2n) is 7.40. The maximum atomic E-state index is 13.6. The van der Waals surface area contributed by atoms with Gasteiger partial charge in [0.1, 0.15) is 12.4 Å². The van der Waals surface area contributed by atoms with Crippen molar-refractivity contribution in [1.29, 1.82) is 0 Å². The molecule has 0 bridgehead atoms. The minimum atomic E-state index is -2.26. The van der Waals surface area contributed by atoms with E-state index in [4.69, 9.17) is 0 Å². The molecule has 1 atom stereocenters. The van der Waals surface area contributed by atoms with Crippen LogP contribution in [-0.4, -0.2) is 16.3 Å². The minimum Gasteiger partial charge on any atom is -0.323 e. The average Bonchev–Trinajstić information content (AvgIpc) is 2.89. The van der Waals surface area contributed by atoms with E-state index in [0.29, 0.717) is 6.16 Å². The molecule has 1 unspecified atom stereocenters. The monoisotopic (exact) mass is 333 g/mol. The molecule has 1 aromatic heterocycles. The summed E-state index contributed by atoms with van der Waals surface area (Å²) in [7, 11) is -0.204. The van der Waals surface area contributed by atoms with Gasteiger partial charge in [-0.25, -0.2) is 9.55 Å². The molecule has 0 radical (unpaired) electrons. The third kappa shape index (κ3) is 4.81. The third-order valence-electron chi connectivity index (χ3n) is 4.66. The van der Waals surface area contributed by atoms with Crippen LogP contribution >= 0.6 is 7.14 Å². The standard InChI is InChI=1S/C19H29N2OP/c1-19(2,3)23(22,16-17-10-6-5-7-11-17)15-9-8-12-18-20-13-14-21(18)4/h5-7,10-11,13-14H,8-9,12,15-16H2,1-4H3/p+1. The Morgan fingerprint density at radius 3 is 2.39 bits per heavy atom. The van der Waals surface area contributed by atoms with Gasteiger partial charge in [-0.05, 0) is 18.4 Å². The molecule has 4 heteroatoms. The molecule has 1 aromatic carbocycles. The number of H-pyrrole nitrogens is 1. The van der Waals surface area contributed by atoms with Gasteiger partial charge in [0, 0.05) is 23.9 Å². The second kappa shape index (κ2) is 7.49. The Hall–Kier alpha value is -1.34. The highest BCUT2D eigenvalue weighted by atomic mass is 31.2. The molecular formula is C19H30N2OP+. The molecule has 3 nitrogen and oxygen atoms in total. The highest BCUT2D eigenvalue weighted by Gasteiger charge is 2.35. The topological polar surface area (TPSA) is 36.7 Å². The van der Waals surface area contributed by atoms with Crippen LogP contribution in [0.15, 0.2) is 42.7 Å². The van der Waals surface area contributed by atoms with Crippen LogP contribution in [0, 0.1) is 0 Å². The predicted molar refractivity (Wildman–Crippen MR) is 97.3 cm³/mol. The SMILES string of the molecule is C[n+]1cc[nH]c1CCCCP(=O)(Cc1ccccc1)C(C)(C)C. The summed E-state index contributed by atoms with van der Waals surface area (Å²) in [5.74, 6) is 1.23. The van der Waals surface area contributed by atoms with Gasteiger partial charge >= 0.3 is 0 Å². The summed E-state index contributed by atoms with van der Waals surface area (Å²) in [5.41, 5.74) is 1.20. The molecule has 2 rings (SSSR count). The van der Waals surface area contributed by atoms with Crippen LogP contribution in [0.4, 0.5) is 0 Å². The zero-order valence-corrected chi connectivity index (χ0v) is 15.8. The molecule has 0 amide bonds. The molecule has 0 fully saturated rings. The van der Waals surface area contributed by atoms with Crippen LogP contribution in [0.1, 0.15) is 45.0 Å². The summed E-state index contributed by atoms with van der Waals surface area (Å²) in [6.45, 7) is 6.38. The Kier molecular flexibility index (Phi) is 5.86. The summed E-state index contributed by atoms with van der Waals surface area (Å²) in [4.78, 5) is 3.27. The van der Waals surface area contributed by atoms with E-state index in [2.05, 4.69) is 49.5 Å². The Bertz CT molecular complexity index is 656. The number of imidazole rings is 1. The number of aryl methyl sites for hydroxylation is 2. The second-order valence-corrected chi connectivity index (χ2v) is 11.3. The number of benzene rings is 1. The fourth-order valence-electron chi connectivity index (χ4n) is 2.88. The normalized spacial score (nSPS) is 14.6. The predicted octanol–water partition coefficient (Wildman–Crippen LogP) is 4.52. The molecule has 0 aliphatic heterocycles. The van der Waals surface area contributed by atoms with Crippen molar-refractivity contribution in [2.75, 3.05) is 6.16 Å². The first-order valence-corrected chi connectivity index (χ1v) is 10.5. The van der Waals surface area contributed by atoms with Crippen molar-refractivity contribution in [3.05, 3.63) is 54.1 Å². The molecule has 0 saturated carbocycles. The molecule has 0 aliphatic rings. The van der Waals surface area contributed by atoms with Gasteiger partial charge in [-0.15, -0.1) is 0 Å². The molecule has 0 spiro atoms. The third-order valence-corrected chi connectivity index (χ3v) is 9.02. The molecule has 2 aromatic rings. The Labute approximate surface area is 140 Å². The fraction of sp³-hybridized carbons (Fsp3) is 0.526. The summed E-state index contributed by atoms with van der Waals surface area (Å²) in [5, 5.41) is -0.139. The number of nitrogens with zero attached hydrogens (tertiary/aromatic N) is 1. The van der Waals surface area contributed by atoms with Gasteiger partial charge in [0.25, 0.3) is 5.82 Å². The Morgan fingerprint density at radius 1 is 1.13 bits per heavy atom. The summed E-state index contributed by atoms with van der Waals surface area (Å²) in [6, 6.07) is 10.3. The van der Waals surface area contributed by atoms with Crippen LogP contribution < -0.4 is 4.57 Å². The lowest BCUT2D eigenvalue weighted by Gasteiger charge is -2.31. The zero-order valence-electron chi connectivity index (χ0n) is 14.9. The number of nitrogens with one attached hydrogen (secondary N) is 1. The van der Waals surface area contributed by atoms with Crippen LogP contribution in [0.5, 0.6) is 0 Å². The van der Waals surface area contributed by atoms with Crippen LogP contribution in [0.3, 0.4) is 0 Å². The number of rotatable bonds is 7. The van der Waals surface area contributed by atoms with Crippen molar-refractivity contribution in [3.8, 4) is 0 Å². The molecule has 126 valence electrons. The van der Waals surface area contributed by atoms with Crippen LogP contribution in [0.2, 0.25) is 0 Å². The summed E-state index contributed by atoms with van der Waals surface area (Å²) in [6.07, 6.45) is 8.64. The van der Waals surface area contributed by atoms with Crippen molar-refractivity contribution >= 4 is 7.14 Å². The number of aromatic nitrogens is 2. The quantitative estimate of drug-likeness (QED) is 0.451. The van der Waals surface area contributed by atoms with Crippen LogP contribution in [0.25, 0.3) is 0 Å². The largest absolute Gasteiger partial charge is 0.323 e. The summed E-state index contributed by atoms with van der Waals surface area (Å²) >= 11 is 0. The highest BCUT2D eigenvalue weighted by Crippen LogP contribution is 2.60. The Morgan fingerprint density at radius 2 is 1.83 bits per heavy atom. The Balaban J connectivity index is 1.96. The average molecular weight is 333 g/mol. The van der Waals surface area contributed by atoms with Crippen LogP contribution in [-0.2, 0) is 24.2 Å². The number of unbranched alkanes of at least 4 members (excludes halogenated alkanes) is 1. The molecule has 1 heterocycles. The van der Waals surface area contributed by atoms with Crippen molar-refractivity contribution in [2.45, 2.75) is 51.4 Å². The maximum absolute atomic E-state index is 13.6. The molecule has 0 saturated heterocycles. The van der Waals surface area contributed by atoms with E-state index in [0.717, 1.165) is 25.4 Å². The summed E-state index contributed by atoms with van der Waals surface area (Å²) < 4.78 is 15.7. The van der Waals surface area contributed by atoms with E-state index < -0.39 is 7.14 Å². The van der Waals surface area contributed by atoms with Gasteiger partial charge in [-0.3, -0.25) is 0 Å². The van der Waals surface area contributed by atoms with E-state index >= 15 is 0 Å². The zero-order chi connectivity index (χ0) is 16.9. The molecule has 23 heavy (non-hydrogen) atoms. The van der Waals surface area contributed by atoms with E-state index in [-0.39, 0.29) is 5.16 Å². The molecule has 1 N–H and O–H groups in total. The highest BCUT2D eigenvalue weighted by molar-refractivity contribution is 7.64. The first kappa shape index (κ1) is 18.0. The maximum Gasteiger partial charge on any atom is 0.253 e. The number of hydrogen-bond acceptors (Lipinski definition) is 1. The fourth-order valence-corrected chi connectivity index (χ4v) is 5.71. The van der Waals surface area contributed by atoms with Crippen molar-refractivity contribution < 1.29 is 9.13 Å². The van der Waals surface area contributed by atoms with Gasteiger partial charge in [0.05, 0.1) is 14.2 Å². The van der Waals surface area contributed by atoms with Crippen molar-refractivity contribution in [2.24, 2.45) is 7.05 Å². The number of hydrogen-bond donors (Lipinski definition) is 1. The van der Waals surface area contributed by atoms with Crippen molar-refractivity contribution in [3.63, 3.8) is 0 Å². The van der Waals surface area contributed by atoms with Gasteiger partial charge in [-0.2, -0.15) is 0 Å². The van der Waals surface area contributed by atoms with Gasteiger partial charge in [0.2, 0.25) is 0 Å². The smallest absolute Gasteiger partial charge is 0.253 e. The molecule has 0 aliphatic carbocycles. The lowest BCUT2D eigenvalue weighted by Crippen LogP contribution is -2.30.